The van der Waals surface area contributed by atoms with E-state index in [4.69, 9.17) is 5.73 Å². The van der Waals surface area contributed by atoms with Gasteiger partial charge in [0.25, 0.3) is 0 Å². The van der Waals surface area contributed by atoms with Gasteiger partial charge < -0.3 is 10.3 Å². The van der Waals surface area contributed by atoms with Crippen molar-refractivity contribution >= 4 is 15.8 Å². The fraction of sp³-hybridized carbons (Fsp3) is 0.400. The number of hydrogen-bond acceptors (Lipinski definition) is 5. The quantitative estimate of drug-likeness (QED) is 0.700. The second-order valence-corrected chi connectivity index (χ2v) is 5.84. The van der Waals surface area contributed by atoms with Crippen molar-refractivity contribution in [2.24, 2.45) is 7.05 Å². The Labute approximate surface area is 111 Å². The van der Waals surface area contributed by atoms with Crippen LogP contribution in [0.2, 0.25) is 0 Å². The number of nitrogens with zero attached hydrogens (tertiary/aromatic N) is 4. The number of imidazole rings is 1. The van der Waals surface area contributed by atoms with E-state index in [0.29, 0.717) is 19.5 Å². The predicted molar refractivity (Wildman–Crippen MR) is 69.7 cm³/mol. The fourth-order valence-electron chi connectivity index (χ4n) is 1.66. The Morgan fingerprint density at radius 1 is 1.47 bits per heavy atom. The summed E-state index contributed by atoms with van der Waals surface area (Å²) in [6, 6.07) is 0. The number of nitrogen functional groups attached to an aromatic ring is 1. The van der Waals surface area contributed by atoms with Crippen LogP contribution < -0.4 is 10.5 Å². The molecule has 9 heteroatoms. The van der Waals surface area contributed by atoms with Gasteiger partial charge in [-0.15, -0.1) is 0 Å². The lowest BCUT2D eigenvalue weighted by Gasteiger charge is -2.05. The Hall–Kier alpha value is -1.87. The van der Waals surface area contributed by atoms with Gasteiger partial charge in [0.05, 0.1) is 6.33 Å². The highest BCUT2D eigenvalue weighted by Crippen LogP contribution is 2.14. The van der Waals surface area contributed by atoms with Gasteiger partial charge in [-0.2, -0.15) is 5.10 Å². The molecule has 0 bridgehead atoms. The van der Waals surface area contributed by atoms with Crippen molar-refractivity contribution < 1.29 is 8.42 Å². The van der Waals surface area contributed by atoms with Gasteiger partial charge in [0.15, 0.2) is 5.82 Å². The van der Waals surface area contributed by atoms with E-state index in [2.05, 4.69) is 14.8 Å². The number of aryl methyl sites for hydroxylation is 2. The number of anilines is 1. The first-order valence-corrected chi connectivity index (χ1v) is 7.22. The molecule has 0 unspecified atom stereocenters. The third kappa shape index (κ3) is 3.32. The van der Waals surface area contributed by atoms with E-state index in [1.807, 2.05) is 10.8 Å². The van der Waals surface area contributed by atoms with Gasteiger partial charge in [-0.3, -0.25) is 4.68 Å². The van der Waals surface area contributed by atoms with E-state index in [0.717, 1.165) is 0 Å². The van der Waals surface area contributed by atoms with Gasteiger partial charge in [-0.05, 0) is 6.42 Å². The average molecular weight is 284 g/mol. The molecule has 104 valence electrons. The highest BCUT2D eigenvalue weighted by molar-refractivity contribution is 7.89. The highest BCUT2D eigenvalue weighted by Gasteiger charge is 2.19. The van der Waals surface area contributed by atoms with E-state index in [1.54, 1.807) is 19.6 Å². The maximum absolute atomic E-state index is 12.0. The maximum atomic E-state index is 12.0. The number of sulfonamides is 1. The molecule has 3 N–H and O–H groups in total. The molecule has 0 amide bonds. The number of nitrogens with one attached hydrogen (secondary N) is 1. The normalized spacial score (nSPS) is 11.8. The summed E-state index contributed by atoms with van der Waals surface area (Å²) in [7, 11) is -1.97. The van der Waals surface area contributed by atoms with E-state index in [1.165, 1.54) is 10.9 Å². The van der Waals surface area contributed by atoms with Gasteiger partial charge in [0, 0.05) is 38.7 Å². The molecule has 0 fully saturated rings. The van der Waals surface area contributed by atoms with E-state index in [-0.39, 0.29) is 10.7 Å². The fourth-order valence-corrected chi connectivity index (χ4v) is 2.83. The highest BCUT2D eigenvalue weighted by atomic mass is 32.2. The summed E-state index contributed by atoms with van der Waals surface area (Å²) in [6.45, 7) is 1.03. The molecule has 8 nitrogen and oxygen atoms in total. The molecule has 19 heavy (non-hydrogen) atoms. The van der Waals surface area contributed by atoms with Crippen molar-refractivity contribution in [1.82, 2.24) is 24.1 Å². The zero-order valence-corrected chi connectivity index (χ0v) is 11.3. The third-order valence-corrected chi connectivity index (χ3v) is 4.03. The minimum atomic E-state index is -3.59. The van der Waals surface area contributed by atoms with E-state index < -0.39 is 10.0 Å². The second kappa shape index (κ2) is 5.41. The first kappa shape index (κ1) is 13.6. The maximum Gasteiger partial charge on any atom is 0.245 e. The largest absolute Gasteiger partial charge is 0.381 e. The number of aromatic nitrogens is 4. The Bertz CT molecular complexity index is 631. The van der Waals surface area contributed by atoms with Crippen molar-refractivity contribution in [2.75, 3.05) is 12.3 Å². The van der Waals surface area contributed by atoms with Crippen LogP contribution in [-0.2, 0) is 23.6 Å². The summed E-state index contributed by atoms with van der Waals surface area (Å²) in [4.78, 5) is 3.92. The van der Waals surface area contributed by atoms with Crippen molar-refractivity contribution in [3.05, 3.63) is 24.9 Å². The van der Waals surface area contributed by atoms with Crippen LogP contribution in [0.3, 0.4) is 0 Å². The molecule has 2 heterocycles. The molecule has 2 rings (SSSR count). The van der Waals surface area contributed by atoms with Crippen LogP contribution in [0.4, 0.5) is 5.82 Å². The standard InChI is InChI=1S/C10H16N6O2S/c1-15-7-9(10(11)14-15)19(17,18)13-3-2-5-16-6-4-12-8-16/h4,6-8,13H,2-3,5H2,1H3,(H2,11,14). The lowest BCUT2D eigenvalue weighted by Crippen LogP contribution is -2.25. The van der Waals surface area contributed by atoms with Gasteiger partial charge in [0.1, 0.15) is 4.90 Å². The Morgan fingerprint density at radius 2 is 2.26 bits per heavy atom. The monoisotopic (exact) mass is 284 g/mol. The molecule has 0 aromatic carbocycles. The summed E-state index contributed by atoms with van der Waals surface area (Å²) >= 11 is 0. The molecule has 2 aromatic heterocycles. The van der Waals surface area contributed by atoms with Crippen LogP contribution in [0.5, 0.6) is 0 Å². The Kier molecular flexibility index (Phi) is 3.86. The summed E-state index contributed by atoms with van der Waals surface area (Å²) in [5, 5.41) is 3.81. The number of nitrogens with two attached hydrogens (primary N) is 1. The minimum Gasteiger partial charge on any atom is -0.381 e. The van der Waals surface area contributed by atoms with Crippen LogP contribution in [0.1, 0.15) is 6.42 Å². The average Bonchev–Trinajstić information content (AvgIpc) is 2.94. The molecule has 0 radical (unpaired) electrons. The summed E-state index contributed by atoms with van der Waals surface area (Å²) in [5.41, 5.74) is 5.55. The molecule has 2 aromatic rings. The van der Waals surface area contributed by atoms with Crippen LogP contribution in [0.25, 0.3) is 0 Å². The van der Waals surface area contributed by atoms with Gasteiger partial charge in [-0.25, -0.2) is 18.1 Å². The van der Waals surface area contributed by atoms with Crippen molar-refractivity contribution in [1.29, 1.82) is 0 Å². The van der Waals surface area contributed by atoms with E-state index >= 15 is 0 Å². The molecule has 0 aliphatic heterocycles. The second-order valence-electron chi connectivity index (χ2n) is 4.10. The molecule has 0 atom stereocenters. The number of rotatable bonds is 6. The topological polar surface area (TPSA) is 108 Å². The Morgan fingerprint density at radius 3 is 2.84 bits per heavy atom. The molecule has 0 saturated heterocycles. The Balaban J connectivity index is 1.89. The third-order valence-electron chi connectivity index (χ3n) is 2.56. The lowest BCUT2D eigenvalue weighted by molar-refractivity contribution is 0.570. The van der Waals surface area contributed by atoms with Crippen LogP contribution in [0.15, 0.2) is 29.8 Å². The first-order chi connectivity index (χ1) is 8.99. The van der Waals surface area contributed by atoms with Crippen molar-refractivity contribution in [2.45, 2.75) is 17.9 Å². The van der Waals surface area contributed by atoms with Crippen LogP contribution in [0, 0.1) is 0 Å². The predicted octanol–water partition coefficient (Wildman–Crippen LogP) is -0.433. The molecule has 0 saturated carbocycles. The molecular formula is C10H16N6O2S. The van der Waals surface area contributed by atoms with E-state index in [9.17, 15) is 8.42 Å². The number of hydrogen-bond donors (Lipinski definition) is 2. The first-order valence-electron chi connectivity index (χ1n) is 5.73. The van der Waals surface area contributed by atoms with Gasteiger partial charge in [0.2, 0.25) is 10.0 Å². The van der Waals surface area contributed by atoms with Crippen molar-refractivity contribution in [3.8, 4) is 0 Å². The summed E-state index contributed by atoms with van der Waals surface area (Å²) in [6.07, 6.45) is 7.24. The molecule has 0 spiro atoms. The minimum absolute atomic E-state index is 0.00427. The zero-order valence-electron chi connectivity index (χ0n) is 10.5. The van der Waals surface area contributed by atoms with Crippen LogP contribution in [-0.4, -0.2) is 34.3 Å². The smallest absolute Gasteiger partial charge is 0.245 e. The molecule has 0 aliphatic carbocycles. The summed E-state index contributed by atoms with van der Waals surface area (Å²) in [5.74, 6) is 0.00427. The molecular weight excluding hydrogens is 268 g/mol. The lowest BCUT2D eigenvalue weighted by atomic mass is 10.4. The van der Waals surface area contributed by atoms with Crippen molar-refractivity contribution in [3.63, 3.8) is 0 Å². The zero-order chi connectivity index (χ0) is 13.9. The van der Waals surface area contributed by atoms with Gasteiger partial charge in [-0.1, -0.05) is 0 Å². The molecule has 0 aliphatic rings. The van der Waals surface area contributed by atoms with Gasteiger partial charge >= 0.3 is 0 Å². The summed E-state index contributed by atoms with van der Waals surface area (Å²) < 4.78 is 29.7. The van der Waals surface area contributed by atoms with Crippen LogP contribution >= 0.6 is 0 Å². The SMILES string of the molecule is Cn1cc(S(=O)(=O)NCCCn2ccnc2)c(N)n1.